The Morgan fingerprint density at radius 1 is 1.10 bits per heavy atom. The minimum Gasteiger partial charge on any atom is -0.373 e. The summed E-state index contributed by atoms with van der Waals surface area (Å²) in [6.07, 6.45) is 5.95. The molecule has 5 rings (SSSR count). The molecular formula is C23H28FN3O3. The lowest BCUT2D eigenvalue weighted by Gasteiger charge is -2.21. The first-order valence-corrected chi connectivity index (χ1v) is 10.7. The monoisotopic (exact) mass is 413 g/mol. The molecule has 2 amide bonds. The number of nitrogens with two attached hydrogens (primary N) is 1. The Bertz CT molecular complexity index is 913. The van der Waals surface area contributed by atoms with Gasteiger partial charge in [-0.3, -0.25) is 9.59 Å². The molecule has 2 aliphatic heterocycles. The fraction of sp³-hybridized carbons (Fsp3) is 0.478. The molecule has 1 aromatic carbocycles. The Hall–Kier alpha value is -2.67. The number of likely N-dealkylation sites (tertiary alicyclic amines) is 1. The fourth-order valence-corrected chi connectivity index (χ4v) is 4.07. The van der Waals surface area contributed by atoms with Gasteiger partial charge in [-0.2, -0.15) is 0 Å². The first-order chi connectivity index (χ1) is 14.5. The molecule has 0 spiro atoms. The molecule has 2 aromatic rings. The summed E-state index contributed by atoms with van der Waals surface area (Å²) in [5.41, 5.74) is 8.34. The maximum atomic E-state index is 12.5. The molecule has 160 valence electrons. The average molecular weight is 413 g/mol. The van der Waals surface area contributed by atoms with Gasteiger partial charge in [0.15, 0.2) is 0 Å². The Morgan fingerprint density at radius 2 is 1.80 bits per heavy atom. The van der Waals surface area contributed by atoms with Gasteiger partial charge in [0.2, 0.25) is 0 Å². The molecule has 3 heterocycles. The summed E-state index contributed by atoms with van der Waals surface area (Å²) in [4.78, 5) is 25.8. The van der Waals surface area contributed by atoms with Gasteiger partial charge in [-0.05, 0) is 61.8 Å². The largest absolute Gasteiger partial charge is 0.373 e. The second-order valence-corrected chi connectivity index (χ2v) is 8.23. The number of carbonyl (C=O) groups excluding carboxylic acids is 2. The highest BCUT2D eigenvalue weighted by atomic mass is 19.1. The molecule has 1 saturated carbocycles. The van der Waals surface area contributed by atoms with Crippen LogP contribution in [0.2, 0.25) is 0 Å². The van der Waals surface area contributed by atoms with Gasteiger partial charge in [0.1, 0.15) is 11.5 Å². The molecule has 2 N–H and O–H groups in total. The van der Waals surface area contributed by atoms with Crippen LogP contribution < -0.4 is 5.73 Å². The van der Waals surface area contributed by atoms with E-state index in [0.717, 1.165) is 44.0 Å². The van der Waals surface area contributed by atoms with Crippen molar-refractivity contribution in [3.05, 3.63) is 58.7 Å². The summed E-state index contributed by atoms with van der Waals surface area (Å²) < 4.78 is 19.7. The summed E-state index contributed by atoms with van der Waals surface area (Å²) in [5, 5.41) is 0. The molecule has 0 bridgehead atoms. The number of hydrogen-bond donors (Lipinski definition) is 1. The Kier molecular flexibility index (Phi) is 6.18. The zero-order chi connectivity index (χ0) is 21.1. The van der Waals surface area contributed by atoms with Crippen LogP contribution in [0, 0.1) is 11.7 Å². The number of nitrogens with zero attached hydrogens (tertiary/aromatic N) is 2. The van der Waals surface area contributed by atoms with Crippen LogP contribution in [0.3, 0.4) is 0 Å². The fourth-order valence-electron chi connectivity index (χ4n) is 4.07. The van der Waals surface area contributed by atoms with E-state index in [2.05, 4.69) is 0 Å². The van der Waals surface area contributed by atoms with E-state index in [1.807, 2.05) is 21.6 Å². The van der Waals surface area contributed by atoms with Crippen molar-refractivity contribution in [3.8, 4) is 0 Å². The predicted molar refractivity (Wildman–Crippen MR) is 111 cm³/mol. The second-order valence-electron chi connectivity index (χ2n) is 8.23. The first-order valence-electron chi connectivity index (χ1n) is 10.7. The van der Waals surface area contributed by atoms with Crippen LogP contribution in [0.1, 0.15) is 57.8 Å². The molecule has 6 nitrogen and oxygen atoms in total. The van der Waals surface area contributed by atoms with Crippen molar-refractivity contribution in [1.29, 1.82) is 0 Å². The van der Waals surface area contributed by atoms with Gasteiger partial charge in [0.05, 0.1) is 24.5 Å². The molecular weight excluding hydrogens is 385 g/mol. The van der Waals surface area contributed by atoms with Gasteiger partial charge in [-0.1, -0.05) is 12.1 Å². The number of aromatic nitrogens is 1. The summed E-state index contributed by atoms with van der Waals surface area (Å²) in [6.45, 7) is 3.08. The Morgan fingerprint density at radius 3 is 2.43 bits per heavy atom. The summed E-state index contributed by atoms with van der Waals surface area (Å²) in [5.74, 6) is 0.243. The van der Waals surface area contributed by atoms with Crippen molar-refractivity contribution in [3.63, 3.8) is 0 Å². The van der Waals surface area contributed by atoms with E-state index < -0.39 is 5.91 Å². The Labute approximate surface area is 175 Å². The molecule has 0 atom stereocenters. The van der Waals surface area contributed by atoms with Gasteiger partial charge in [0.25, 0.3) is 11.8 Å². The van der Waals surface area contributed by atoms with E-state index in [1.54, 1.807) is 6.07 Å². The number of rotatable bonds is 4. The van der Waals surface area contributed by atoms with Crippen LogP contribution in [-0.2, 0) is 24.3 Å². The zero-order valence-corrected chi connectivity index (χ0v) is 17.1. The van der Waals surface area contributed by atoms with Crippen LogP contribution >= 0.6 is 0 Å². The van der Waals surface area contributed by atoms with E-state index in [0.29, 0.717) is 31.0 Å². The number of hydrogen-bond acceptors (Lipinski definition) is 3. The first kappa shape index (κ1) is 20.6. The quantitative estimate of drug-likeness (QED) is 0.837. The maximum Gasteiger partial charge on any atom is 0.270 e. The third kappa shape index (κ3) is 4.73. The lowest BCUT2D eigenvalue weighted by molar-refractivity contribution is 0.0717. The van der Waals surface area contributed by atoms with Gasteiger partial charge >= 0.3 is 0 Å². The highest BCUT2D eigenvalue weighted by Crippen LogP contribution is 2.32. The van der Waals surface area contributed by atoms with E-state index in [-0.39, 0.29) is 11.7 Å². The maximum absolute atomic E-state index is 12.5. The minimum absolute atomic E-state index is 0.00634. The van der Waals surface area contributed by atoms with Crippen molar-refractivity contribution in [2.75, 3.05) is 19.7 Å². The molecule has 0 unspecified atom stereocenters. The number of primary amides is 1. The zero-order valence-electron chi connectivity index (χ0n) is 17.1. The molecule has 1 saturated heterocycles. The topological polar surface area (TPSA) is 77.6 Å². The standard InChI is InChI=1S/C13H17N3O3.C10H11F/c14-12(17)9-7-10(13(18)15-3-1-2-4-15)16-5-6-19-8-11(9)16;11-10-5-3-9(4-6-10)7-8-1-2-8/h7H,1-6,8H2,(H2,14,17);3-6,8H,1-2,7H2. The van der Waals surface area contributed by atoms with E-state index in [1.165, 1.54) is 30.5 Å². The summed E-state index contributed by atoms with van der Waals surface area (Å²) in [7, 11) is 0. The second kappa shape index (κ2) is 9.00. The van der Waals surface area contributed by atoms with Crippen LogP contribution in [-0.4, -0.2) is 41.0 Å². The van der Waals surface area contributed by atoms with E-state index in [4.69, 9.17) is 10.5 Å². The van der Waals surface area contributed by atoms with Crippen molar-refractivity contribution >= 4 is 11.8 Å². The van der Waals surface area contributed by atoms with Crippen molar-refractivity contribution in [1.82, 2.24) is 9.47 Å². The number of carbonyl (C=O) groups is 2. The average Bonchev–Trinajstić information content (AvgIpc) is 3.25. The minimum atomic E-state index is -0.505. The highest BCUT2D eigenvalue weighted by molar-refractivity contribution is 6.00. The van der Waals surface area contributed by atoms with Gasteiger partial charge in [0, 0.05) is 19.6 Å². The van der Waals surface area contributed by atoms with Crippen LogP contribution in [0.25, 0.3) is 0 Å². The van der Waals surface area contributed by atoms with E-state index in [9.17, 15) is 14.0 Å². The van der Waals surface area contributed by atoms with E-state index >= 15 is 0 Å². The number of benzene rings is 1. The molecule has 3 aliphatic rings. The molecule has 1 aromatic heterocycles. The number of ether oxygens (including phenoxy) is 1. The molecule has 0 radical (unpaired) electrons. The summed E-state index contributed by atoms with van der Waals surface area (Å²) >= 11 is 0. The molecule has 30 heavy (non-hydrogen) atoms. The van der Waals surface area contributed by atoms with Crippen LogP contribution in [0.15, 0.2) is 30.3 Å². The SMILES string of the molecule is Fc1ccc(CC2CC2)cc1.NC(=O)c1cc(C(=O)N2CCCC2)n2c1COCC2. The number of halogens is 1. The lowest BCUT2D eigenvalue weighted by Crippen LogP contribution is -2.31. The third-order valence-corrected chi connectivity index (χ3v) is 5.92. The molecule has 2 fully saturated rings. The number of fused-ring (bicyclic) bond motifs is 1. The predicted octanol–water partition coefficient (Wildman–Crippen LogP) is 3.13. The van der Waals surface area contributed by atoms with Crippen LogP contribution in [0.4, 0.5) is 4.39 Å². The van der Waals surface area contributed by atoms with Gasteiger partial charge in [-0.25, -0.2) is 4.39 Å². The van der Waals surface area contributed by atoms with Crippen molar-refractivity contribution in [2.24, 2.45) is 11.7 Å². The van der Waals surface area contributed by atoms with Crippen LogP contribution in [0.5, 0.6) is 0 Å². The highest BCUT2D eigenvalue weighted by Gasteiger charge is 2.28. The normalized spacial score (nSPS) is 17.8. The molecule has 7 heteroatoms. The lowest BCUT2D eigenvalue weighted by atomic mass is 10.1. The Balaban J connectivity index is 0.000000168. The van der Waals surface area contributed by atoms with Gasteiger partial charge < -0.3 is 19.9 Å². The number of amides is 2. The van der Waals surface area contributed by atoms with Crippen molar-refractivity contribution < 1.29 is 18.7 Å². The third-order valence-electron chi connectivity index (χ3n) is 5.92. The smallest absolute Gasteiger partial charge is 0.270 e. The van der Waals surface area contributed by atoms with Crippen molar-refractivity contribution in [2.45, 2.75) is 45.3 Å². The van der Waals surface area contributed by atoms with Gasteiger partial charge in [-0.15, -0.1) is 0 Å². The molecule has 1 aliphatic carbocycles. The summed E-state index contributed by atoms with van der Waals surface area (Å²) in [6, 6.07) is 8.46.